The number of hydrogen-bond acceptors (Lipinski definition) is 3. The Labute approximate surface area is 138 Å². The number of benzene rings is 2. The Balaban J connectivity index is 1.87. The summed E-state index contributed by atoms with van der Waals surface area (Å²) in [5.41, 5.74) is 10.5. The van der Waals surface area contributed by atoms with Gasteiger partial charge in [0.25, 0.3) is 5.91 Å². The molecule has 0 unspecified atom stereocenters. The van der Waals surface area contributed by atoms with Crippen LogP contribution in [0.1, 0.15) is 10.4 Å². The van der Waals surface area contributed by atoms with E-state index in [9.17, 15) is 4.79 Å². The smallest absolute Gasteiger partial charge is 0.270 e. The number of aromatic nitrogens is 1. The summed E-state index contributed by atoms with van der Waals surface area (Å²) in [5.74, 6) is -0.299. The maximum atomic E-state index is 12.5. The molecule has 0 bridgehead atoms. The Morgan fingerprint density at radius 1 is 1.09 bits per heavy atom. The van der Waals surface area contributed by atoms with E-state index in [4.69, 9.17) is 18.0 Å². The number of amides is 1. The van der Waals surface area contributed by atoms with Gasteiger partial charge in [0.05, 0.1) is 11.2 Å². The van der Waals surface area contributed by atoms with Crippen molar-refractivity contribution in [1.29, 1.82) is 0 Å². The number of hydrogen-bond donors (Lipinski definition) is 2. The third-order valence-electron chi connectivity index (χ3n) is 3.31. The lowest BCUT2D eigenvalue weighted by Crippen LogP contribution is -2.49. The zero-order chi connectivity index (χ0) is 16.2. The Hall–Kier alpha value is -2.99. The van der Waals surface area contributed by atoms with Crippen LogP contribution in [0.15, 0.2) is 66.9 Å². The third-order valence-corrected chi connectivity index (χ3v) is 3.50. The number of thiocarbonyl (C=S) groups is 1. The summed E-state index contributed by atoms with van der Waals surface area (Å²) >= 11 is 5.02. The van der Waals surface area contributed by atoms with E-state index in [1.54, 1.807) is 24.4 Å². The van der Waals surface area contributed by atoms with Gasteiger partial charge in [-0.3, -0.25) is 15.2 Å². The van der Waals surface area contributed by atoms with Crippen LogP contribution in [-0.4, -0.2) is 16.0 Å². The van der Waals surface area contributed by atoms with E-state index in [0.717, 1.165) is 10.9 Å². The Bertz CT molecular complexity index is 867. The van der Waals surface area contributed by atoms with E-state index in [2.05, 4.69) is 10.4 Å². The molecule has 0 saturated heterocycles. The second kappa shape index (κ2) is 6.41. The molecule has 0 saturated carbocycles. The average molecular weight is 322 g/mol. The number of nitrogens with two attached hydrogens (primary N) is 1. The van der Waals surface area contributed by atoms with Crippen LogP contribution in [0.5, 0.6) is 0 Å². The van der Waals surface area contributed by atoms with Crippen LogP contribution < -0.4 is 16.2 Å². The fourth-order valence-corrected chi connectivity index (χ4v) is 2.36. The van der Waals surface area contributed by atoms with Gasteiger partial charge in [-0.25, -0.2) is 5.01 Å². The molecule has 0 aliphatic carbocycles. The van der Waals surface area contributed by atoms with E-state index in [1.165, 1.54) is 5.01 Å². The van der Waals surface area contributed by atoms with E-state index in [-0.39, 0.29) is 11.0 Å². The molecular weight excluding hydrogens is 308 g/mol. The average Bonchev–Trinajstić information content (AvgIpc) is 2.59. The van der Waals surface area contributed by atoms with Gasteiger partial charge in [-0.2, -0.15) is 0 Å². The minimum atomic E-state index is -0.299. The summed E-state index contributed by atoms with van der Waals surface area (Å²) < 4.78 is 0. The maximum absolute atomic E-state index is 12.5. The molecule has 0 fully saturated rings. The topological polar surface area (TPSA) is 71.2 Å². The van der Waals surface area contributed by atoms with E-state index < -0.39 is 0 Å². The van der Waals surface area contributed by atoms with Gasteiger partial charge in [0.2, 0.25) is 0 Å². The van der Waals surface area contributed by atoms with Crippen molar-refractivity contribution < 1.29 is 4.79 Å². The van der Waals surface area contributed by atoms with Crippen molar-refractivity contribution in [2.24, 2.45) is 5.73 Å². The highest BCUT2D eigenvalue weighted by Crippen LogP contribution is 2.15. The normalized spacial score (nSPS) is 10.3. The lowest BCUT2D eigenvalue weighted by Gasteiger charge is -2.23. The van der Waals surface area contributed by atoms with Crippen LogP contribution in [0.3, 0.4) is 0 Å². The highest BCUT2D eigenvalue weighted by atomic mass is 32.1. The van der Waals surface area contributed by atoms with Crippen LogP contribution in [0.2, 0.25) is 0 Å². The summed E-state index contributed by atoms with van der Waals surface area (Å²) in [7, 11) is 0. The highest BCUT2D eigenvalue weighted by Gasteiger charge is 2.14. The summed E-state index contributed by atoms with van der Waals surface area (Å²) in [6.07, 6.45) is 1.71. The number of nitrogens with one attached hydrogen (secondary N) is 1. The van der Waals surface area contributed by atoms with Crippen LogP contribution in [-0.2, 0) is 0 Å². The number of pyridine rings is 1. The monoisotopic (exact) mass is 322 g/mol. The SMILES string of the molecule is NC(=S)N(NC(=O)c1ccc2ncccc2c1)c1ccccc1. The van der Waals surface area contributed by atoms with Crippen molar-refractivity contribution >= 4 is 39.8 Å². The minimum absolute atomic E-state index is 0.0620. The standard InChI is InChI=1S/C17H14N4OS/c18-17(23)21(14-6-2-1-3-7-14)20-16(22)13-8-9-15-12(11-13)5-4-10-19-15/h1-11H,(H2,18,23)(H,20,22). The zero-order valence-electron chi connectivity index (χ0n) is 12.1. The summed E-state index contributed by atoms with van der Waals surface area (Å²) in [4.78, 5) is 16.7. The molecule has 0 spiro atoms. The van der Waals surface area contributed by atoms with Crippen molar-refractivity contribution in [3.63, 3.8) is 0 Å². The number of rotatable bonds is 2. The molecule has 3 rings (SSSR count). The zero-order valence-corrected chi connectivity index (χ0v) is 13.0. The van der Waals surface area contributed by atoms with E-state index in [0.29, 0.717) is 11.3 Å². The molecule has 6 heteroatoms. The number of fused-ring (bicyclic) bond motifs is 1. The molecule has 0 aliphatic rings. The van der Waals surface area contributed by atoms with E-state index >= 15 is 0 Å². The molecule has 3 aromatic rings. The molecule has 2 aromatic carbocycles. The van der Waals surface area contributed by atoms with Gasteiger partial charge < -0.3 is 5.73 Å². The Kier molecular flexibility index (Phi) is 4.16. The number of para-hydroxylation sites is 1. The Morgan fingerprint density at radius 3 is 2.61 bits per heavy atom. The van der Waals surface area contributed by atoms with Gasteiger partial charge >= 0.3 is 0 Å². The van der Waals surface area contributed by atoms with Gasteiger partial charge in [-0.05, 0) is 48.6 Å². The summed E-state index contributed by atoms with van der Waals surface area (Å²) in [6, 6.07) is 18.2. The highest BCUT2D eigenvalue weighted by molar-refractivity contribution is 7.80. The maximum Gasteiger partial charge on any atom is 0.270 e. The molecule has 3 N–H and O–H groups in total. The molecule has 1 amide bonds. The molecule has 0 radical (unpaired) electrons. The number of hydrazine groups is 1. The quantitative estimate of drug-likeness (QED) is 0.560. The van der Waals surface area contributed by atoms with Gasteiger partial charge in [0.1, 0.15) is 0 Å². The lowest BCUT2D eigenvalue weighted by molar-refractivity contribution is 0.0955. The fourth-order valence-electron chi connectivity index (χ4n) is 2.21. The second-order valence-electron chi connectivity index (χ2n) is 4.86. The van der Waals surface area contributed by atoms with Crippen LogP contribution >= 0.6 is 12.2 Å². The lowest BCUT2D eigenvalue weighted by atomic mass is 10.1. The first-order valence-corrected chi connectivity index (χ1v) is 7.36. The van der Waals surface area contributed by atoms with Gasteiger partial charge in [0, 0.05) is 17.1 Å². The molecule has 0 atom stereocenters. The largest absolute Gasteiger partial charge is 0.374 e. The van der Waals surface area contributed by atoms with Crippen molar-refractivity contribution in [1.82, 2.24) is 10.4 Å². The minimum Gasteiger partial charge on any atom is -0.374 e. The van der Waals surface area contributed by atoms with Crippen LogP contribution in [0.4, 0.5) is 5.69 Å². The molecule has 23 heavy (non-hydrogen) atoms. The van der Waals surface area contributed by atoms with Gasteiger partial charge in [-0.1, -0.05) is 24.3 Å². The first-order valence-electron chi connectivity index (χ1n) is 6.95. The first-order chi connectivity index (χ1) is 11.1. The first kappa shape index (κ1) is 14.9. The predicted octanol–water partition coefficient (Wildman–Crippen LogP) is 2.63. The fraction of sp³-hybridized carbons (Fsp3) is 0. The third kappa shape index (κ3) is 3.27. The Morgan fingerprint density at radius 2 is 1.87 bits per heavy atom. The second-order valence-corrected chi connectivity index (χ2v) is 5.28. The predicted molar refractivity (Wildman–Crippen MR) is 94.9 cm³/mol. The number of nitrogens with zero attached hydrogens (tertiary/aromatic N) is 2. The van der Waals surface area contributed by atoms with Crippen molar-refractivity contribution in [2.75, 3.05) is 5.01 Å². The number of carbonyl (C=O) groups excluding carboxylic acids is 1. The van der Waals surface area contributed by atoms with Crippen LogP contribution in [0.25, 0.3) is 10.9 Å². The molecule has 0 aliphatic heterocycles. The van der Waals surface area contributed by atoms with Gasteiger partial charge in [-0.15, -0.1) is 0 Å². The van der Waals surface area contributed by atoms with Crippen LogP contribution in [0, 0.1) is 0 Å². The van der Waals surface area contributed by atoms with E-state index in [1.807, 2.05) is 42.5 Å². The van der Waals surface area contributed by atoms with Gasteiger partial charge in [0.15, 0.2) is 5.11 Å². The summed E-state index contributed by atoms with van der Waals surface area (Å²) in [5, 5.41) is 2.33. The molecule has 1 aromatic heterocycles. The van der Waals surface area contributed by atoms with Crippen molar-refractivity contribution in [3.8, 4) is 0 Å². The number of carbonyl (C=O) groups is 1. The van der Waals surface area contributed by atoms with Crippen molar-refractivity contribution in [3.05, 3.63) is 72.4 Å². The molecule has 1 heterocycles. The van der Waals surface area contributed by atoms with Crippen molar-refractivity contribution in [2.45, 2.75) is 0 Å². The molecule has 114 valence electrons. The molecular formula is C17H14N4OS. The summed E-state index contributed by atoms with van der Waals surface area (Å²) in [6.45, 7) is 0. The molecule has 5 nitrogen and oxygen atoms in total. The number of anilines is 1.